The largest absolute Gasteiger partial charge is 0.471 e. The van der Waals surface area contributed by atoms with Crippen LogP contribution in [0.15, 0.2) is 16.6 Å². The van der Waals surface area contributed by atoms with Gasteiger partial charge in [0.05, 0.1) is 24.2 Å². The number of benzene rings is 1. The molecule has 1 aromatic rings. The van der Waals surface area contributed by atoms with Crippen molar-refractivity contribution < 1.29 is 28.7 Å². The van der Waals surface area contributed by atoms with Crippen LogP contribution in [0, 0.1) is 10.1 Å². The van der Waals surface area contributed by atoms with E-state index in [1.807, 2.05) is 0 Å². The second-order valence-corrected chi connectivity index (χ2v) is 5.50. The first-order valence-electron chi connectivity index (χ1n) is 6.24. The van der Waals surface area contributed by atoms with Crippen molar-refractivity contribution in [3.63, 3.8) is 0 Å². The molecule has 0 saturated carbocycles. The van der Waals surface area contributed by atoms with Crippen molar-refractivity contribution in [2.75, 3.05) is 14.2 Å². The van der Waals surface area contributed by atoms with Crippen LogP contribution in [0.2, 0.25) is 5.02 Å². The minimum atomic E-state index is -1.21. The first kappa shape index (κ1) is 19.2. The second-order valence-electron chi connectivity index (χ2n) is 4.24. The van der Waals surface area contributed by atoms with Gasteiger partial charge in [-0.2, -0.15) is 0 Å². The maximum atomic E-state index is 11.7. The molecule has 0 unspecified atom stereocenters. The minimum absolute atomic E-state index is 0.0653. The first-order valence-corrected chi connectivity index (χ1v) is 7.42. The number of nitrogens with zero attached hydrogens (tertiary/aromatic N) is 1. The molecule has 10 heteroatoms. The van der Waals surface area contributed by atoms with Crippen LogP contribution in [-0.4, -0.2) is 37.2 Å². The number of nitro benzene ring substituents is 1. The summed E-state index contributed by atoms with van der Waals surface area (Å²) in [6, 6.07) is 2.37. The van der Waals surface area contributed by atoms with Crippen LogP contribution in [0.3, 0.4) is 0 Å². The average Bonchev–Trinajstić information content (AvgIpc) is 2.52. The van der Waals surface area contributed by atoms with Gasteiger partial charge in [-0.15, -0.1) is 0 Å². The highest BCUT2D eigenvalue weighted by atomic mass is 79.9. The Morgan fingerprint density at radius 1 is 1.35 bits per heavy atom. The highest BCUT2D eigenvalue weighted by molar-refractivity contribution is 9.10. The van der Waals surface area contributed by atoms with Crippen LogP contribution in [0.25, 0.3) is 0 Å². The summed E-state index contributed by atoms with van der Waals surface area (Å²) in [4.78, 5) is 33.3. The quantitative estimate of drug-likeness (QED) is 0.386. The molecule has 1 aromatic carbocycles. The third-order valence-corrected chi connectivity index (χ3v) is 3.97. The number of carbonyl (C=O) groups is 2. The van der Waals surface area contributed by atoms with E-state index < -0.39 is 23.0 Å². The minimum Gasteiger partial charge on any atom is -0.471 e. The molecule has 0 radical (unpaired) electrons. The topological polar surface area (TPSA) is 105 Å². The number of carbonyl (C=O) groups excluding carboxylic acids is 2. The van der Waals surface area contributed by atoms with Gasteiger partial charge in [-0.05, 0) is 15.9 Å². The molecule has 23 heavy (non-hydrogen) atoms. The summed E-state index contributed by atoms with van der Waals surface area (Å²) in [6.45, 7) is 0. The summed E-state index contributed by atoms with van der Waals surface area (Å²) in [7, 11) is 2.34. The van der Waals surface area contributed by atoms with Gasteiger partial charge in [0, 0.05) is 29.4 Å². The average molecular weight is 411 g/mol. The van der Waals surface area contributed by atoms with Crippen molar-refractivity contribution in [1.82, 2.24) is 0 Å². The Balaban J connectivity index is 3.07. The summed E-state index contributed by atoms with van der Waals surface area (Å²) < 4.78 is 14.7. The Kier molecular flexibility index (Phi) is 7.24. The third-order valence-electron chi connectivity index (χ3n) is 2.77. The lowest BCUT2D eigenvalue weighted by molar-refractivity contribution is -0.386. The molecule has 0 aliphatic heterocycles. The molecule has 1 atom stereocenters. The summed E-state index contributed by atoms with van der Waals surface area (Å²) in [5.74, 6) is -1.53. The zero-order valence-electron chi connectivity index (χ0n) is 12.2. The molecule has 0 bridgehead atoms. The third kappa shape index (κ3) is 5.36. The van der Waals surface area contributed by atoms with Crippen molar-refractivity contribution >= 4 is 45.2 Å². The fourth-order valence-electron chi connectivity index (χ4n) is 1.62. The molecule has 0 spiro atoms. The molecule has 0 fully saturated rings. The maximum Gasteiger partial charge on any atom is 0.347 e. The molecule has 1 rings (SSSR count). The van der Waals surface area contributed by atoms with E-state index >= 15 is 0 Å². The molecule has 8 nitrogen and oxygen atoms in total. The van der Waals surface area contributed by atoms with Gasteiger partial charge in [-0.25, -0.2) is 4.79 Å². The Bertz CT molecular complexity index is 623. The van der Waals surface area contributed by atoms with E-state index in [1.54, 1.807) is 0 Å². The summed E-state index contributed by atoms with van der Waals surface area (Å²) in [5, 5.41) is 11.3. The number of esters is 2. The van der Waals surface area contributed by atoms with E-state index in [0.717, 1.165) is 13.2 Å². The number of methoxy groups -OCH3 is 2. The molecule has 0 amide bonds. The number of halogens is 2. The molecule has 126 valence electrons. The Morgan fingerprint density at radius 3 is 2.52 bits per heavy atom. The van der Waals surface area contributed by atoms with Gasteiger partial charge in [0.15, 0.2) is 11.9 Å². The Morgan fingerprint density at radius 2 is 2.00 bits per heavy atom. The van der Waals surface area contributed by atoms with Gasteiger partial charge in [0.25, 0.3) is 0 Å². The Hall–Kier alpha value is -1.87. The number of hydrogen-bond donors (Lipinski definition) is 0. The molecule has 0 aliphatic rings. The molecular weight excluding hydrogens is 398 g/mol. The first-order chi connectivity index (χ1) is 10.8. The number of nitro groups is 1. The highest BCUT2D eigenvalue weighted by Gasteiger charge is 2.27. The van der Waals surface area contributed by atoms with Gasteiger partial charge in [0.1, 0.15) is 0 Å². The van der Waals surface area contributed by atoms with Gasteiger partial charge in [-0.3, -0.25) is 14.9 Å². The van der Waals surface area contributed by atoms with Crippen molar-refractivity contribution in [3.8, 4) is 5.75 Å². The predicted molar refractivity (Wildman–Crippen MR) is 83.5 cm³/mol. The summed E-state index contributed by atoms with van der Waals surface area (Å²) >= 11 is 8.97. The number of ether oxygens (including phenoxy) is 3. The van der Waals surface area contributed by atoms with E-state index in [9.17, 15) is 19.7 Å². The van der Waals surface area contributed by atoms with Crippen molar-refractivity contribution in [2.45, 2.75) is 18.9 Å². The van der Waals surface area contributed by atoms with Crippen molar-refractivity contribution in [2.24, 2.45) is 0 Å². The van der Waals surface area contributed by atoms with E-state index in [2.05, 4.69) is 25.4 Å². The fourth-order valence-corrected chi connectivity index (χ4v) is 2.10. The molecular formula is C13H13BrClNO7. The fraction of sp³-hybridized carbons (Fsp3) is 0.385. The van der Waals surface area contributed by atoms with Crippen LogP contribution in [0.4, 0.5) is 5.69 Å². The molecule has 0 heterocycles. The number of rotatable bonds is 7. The van der Waals surface area contributed by atoms with E-state index in [4.69, 9.17) is 16.3 Å². The molecule has 0 N–H and O–H groups in total. The van der Waals surface area contributed by atoms with Crippen LogP contribution < -0.4 is 4.74 Å². The molecule has 0 aromatic heterocycles. The molecule has 0 saturated heterocycles. The van der Waals surface area contributed by atoms with Gasteiger partial charge in [-0.1, -0.05) is 11.6 Å². The van der Waals surface area contributed by atoms with E-state index in [1.165, 1.54) is 13.2 Å². The zero-order valence-corrected chi connectivity index (χ0v) is 14.5. The second kappa shape index (κ2) is 8.68. The summed E-state index contributed by atoms with van der Waals surface area (Å²) in [5.41, 5.74) is -0.381. The predicted octanol–water partition coefficient (Wildman–Crippen LogP) is 2.88. The lowest BCUT2D eigenvalue weighted by atomic mass is 10.2. The lowest BCUT2D eigenvalue weighted by Gasteiger charge is -2.16. The molecule has 0 aliphatic carbocycles. The standard InChI is InChI=1S/C13H13BrClNO7/c1-21-12(17)4-3-10(13(18)22-2)23-11-6-8(15)7(14)5-9(11)16(19)20/h5-6,10H,3-4H2,1-2H3/t10-/m0/s1. The van der Waals surface area contributed by atoms with Gasteiger partial charge in [0.2, 0.25) is 0 Å². The highest BCUT2D eigenvalue weighted by Crippen LogP contribution is 2.36. The lowest BCUT2D eigenvalue weighted by Crippen LogP contribution is -2.29. The van der Waals surface area contributed by atoms with Crippen molar-refractivity contribution in [1.29, 1.82) is 0 Å². The Labute approximate surface area is 144 Å². The van der Waals surface area contributed by atoms with Gasteiger partial charge < -0.3 is 14.2 Å². The number of hydrogen-bond acceptors (Lipinski definition) is 7. The van der Waals surface area contributed by atoms with Crippen LogP contribution >= 0.6 is 27.5 Å². The SMILES string of the molecule is COC(=O)CC[C@H](Oc1cc(Cl)c(Br)cc1[N+](=O)[O-])C(=O)OC. The maximum absolute atomic E-state index is 11.7. The monoisotopic (exact) mass is 409 g/mol. The normalized spacial score (nSPS) is 11.5. The van der Waals surface area contributed by atoms with Crippen LogP contribution in [-0.2, 0) is 19.1 Å². The van der Waals surface area contributed by atoms with Crippen LogP contribution in [0.1, 0.15) is 12.8 Å². The van der Waals surface area contributed by atoms with E-state index in [-0.39, 0.29) is 29.3 Å². The smallest absolute Gasteiger partial charge is 0.347 e. The van der Waals surface area contributed by atoms with E-state index in [0.29, 0.717) is 4.47 Å². The zero-order chi connectivity index (χ0) is 17.6. The van der Waals surface area contributed by atoms with Crippen molar-refractivity contribution in [3.05, 3.63) is 31.7 Å². The van der Waals surface area contributed by atoms with Gasteiger partial charge >= 0.3 is 17.6 Å². The van der Waals surface area contributed by atoms with Crippen LogP contribution in [0.5, 0.6) is 5.75 Å². The summed E-state index contributed by atoms with van der Waals surface area (Å²) in [6.07, 6.45) is -1.39.